The van der Waals surface area contributed by atoms with Crippen molar-refractivity contribution in [2.45, 2.75) is 71.3 Å². The van der Waals surface area contributed by atoms with Gasteiger partial charge in [-0.15, -0.1) is 0 Å². The number of ether oxygens (including phenoxy) is 3. The Morgan fingerprint density at radius 2 is 1.49 bits per heavy atom. The molecule has 3 aliphatic rings. The van der Waals surface area contributed by atoms with Gasteiger partial charge in [-0.1, -0.05) is 76.2 Å². The Morgan fingerprint density at radius 1 is 0.794 bits per heavy atom. The van der Waals surface area contributed by atoms with Crippen LogP contribution >= 0.6 is 0 Å². The Kier molecular flexibility index (Phi) is 11.0. The first kappa shape index (κ1) is 41.5. The van der Waals surface area contributed by atoms with Gasteiger partial charge < -0.3 is 44.6 Å². The summed E-state index contributed by atoms with van der Waals surface area (Å²) >= 11 is 0. The zero-order chi connectivity index (χ0) is 44.1. The highest BCUT2D eigenvalue weighted by Crippen LogP contribution is 2.44. The molecule has 4 amide bonds. The molecule has 0 saturated carbocycles. The van der Waals surface area contributed by atoms with Crippen LogP contribution in [0.1, 0.15) is 81.4 Å². The van der Waals surface area contributed by atoms with Crippen LogP contribution in [-0.2, 0) is 25.7 Å². The van der Waals surface area contributed by atoms with E-state index in [0.29, 0.717) is 43.3 Å². The maximum atomic E-state index is 14.3. The number of benzene rings is 4. The zero-order valence-electron chi connectivity index (χ0n) is 36.2. The average molecular weight is 853 g/mol. The fourth-order valence-corrected chi connectivity index (χ4v) is 9.54. The standard InChI is InChI=1S/C48H52N8O7/c1-25(2)40(53-47(59)61-5)45(57)55-22-26(3)16-37(55)43-49-21-36(51-43)30-12-14-32-31(18-30)24-63-39-20-33-29(19-34(32)39)13-15-35-42(33)52-44(50-35)38-17-27(4)23-56(38)46(58)41(54-48(60)62-6)28-10-8-7-9-11-28/h7-15,18-21,25-27,37-38,40-41H,16-17,22-24H2,1-6H3,(H,49,51)(H,50,52)(H,53,59)(H,54,60)/t26-,27-,37-,38?,40-,41?/m0/s1. The summed E-state index contributed by atoms with van der Waals surface area (Å²) in [7, 11) is 2.58. The second-order valence-electron chi connectivity index (χ2n) is 17.5. The number of aromatic amines is 2. The Morgan fingerprint density at radius 3 is 2.21 bits per heavy atom. The third kappa shape index (κ3) is 7.80. The highest BCUT2D eigenvalue weighted by Gasteiger charge is 2.41. The average Bonchev–Trinajstić information content (AvgIpc) is 4.12. The maximum Gasteiger partial charge on any atom is 0.407 e. The van der Waals surface area contributed by atoms with Crippen molar-refractivity contribution in [1.29, 1.82) is 0 Å². The topological polar surface area (TPSA) is 184 Å². The molecule has 6 aromatic rings. The molecule has 0 bridgehead atoms. The lowest BCUT2D eigenvalue weighted by molar-refractivity contribution is -0.136. The van der Waals surface area contributed by atoms with Gasteiger partial charge in [0.25, 0.3) is 5.91 Å². The van der Waals surface area contributed by atoms with E-state index in [-0.39, 0.29) is 41.7 Å². The molecule has 326 valence electrons. The van der Waals surface area contributed by atoms with Gasteiger partial charge in [-0.2, -0.15) is 0 Å². The Hall–Kier alpha value is -6.90. The number of fused-ring (bicyclic) bond motifs is 6. The van der Waals surface area contributed by atoms with E-state index >= 15 is 0 Å². The number of nitrogens with one attached hydrogen (secondary N) is 4. The van der Waals surface area contributed by atoms with Gasteiger partial charge >= 0.3 is 12.2 Å². The molecule has 15 nitrogen and oxygen atoms in total. The normalized spacial score (nSPS) is 20.2. The van der Waals surface area contributed by atoms with Crippen molar-refractivity contribution < 1.29 is 33.4 Å². The fourth-order valence-electron chi connectivity index (χ4n) is 9.54. The van der Waals surface area contributed by atoms with E-state index in [2.05, 4.69) is 70.8 Å². The molecule has 2 fully saturated rings. The second kappa shape index (κ2) is 16.8. The van der Waals surface area contributed by atoms with Gasteiger partial charge in [-0.3, -0.25) is 9.59 Å². The van der Waals surface area contributed by atoms with Crippen LogP contribution in [0.2, 0.25) is 0 Å². The SMILES string of the molecule is COC(=O)NC(C(=O)N1C[C@@H](C)CC1c1nc2ccc3cc4c(cc3c2[nH]1)OCc1cc(-c2cnc([C@@H]3C[C@H](C)CN3C(=O)[C@@H](NC(=O)OC)C(C)C)[nH]2)ccc1-4)c1ccccc1. The number of carbonyl (C=O) groups is 4. The van der Waals surface area contributed by atoms with Crippen LogP contribution in [0.3, 0.4) is 0 Å². The molecule has 0 radical (unpaired) electrons. The largest absolute Gasteiger partial charge is 0.488 e. The highest BCUT2D eigenvalue weighted by atomic mass is 16.5. The molecule has 4 aromatic carbocycles. The molecule has 3 aliphatic heterocycles. The number of H-pyrrole nitrogens is 2. The molecule has 6 atom stereocenters. The first-order chi connectivity index (χ1) is 30.4. The summed E-state index contributed by atoms with van der Waals surface area (Å²) in [5.41, 5.74) is 7.21. The number of aromatic nitrogens is 4. The molecule has 5 heterocycles. The van der Waals surface area contributed by atoms with E-state index in [4.69, 9.17) is 24.2 Å². The van der Waals surface area contributed by atoms with E-state index in [1.807, 2.05) is 66.2 Å². The number of imidazole rings is 2. The number of likely N-dealkylation sites (tertiary alicyclic amines) is 2. The van der Waals surface area contributed by atoms with Gasteiger partial charge in [0, 0.05) is 24.0 Å². The van der Waals surface area contributed by atoms with E-state index in [0.717, 1.165) is 61.9 Å². The smallest absolute Gasteiger partial charge is 0.407 e. The molecule has 0 spiro atoms. The number of hydrogen-bond acceptors (Lipinski definition) is 9. The lowest BCUT2D eigenvalue weighted by Crippen LogP contribution is -2.51. The number of rotatable bonds is 9. The van der Waals surface area contributed by atoms with E-state index < -0.39 is 24.3 Å². The van der Waals surface area contributed by atoms with E-state index in [1.165, 1.54) is 14.2 Å². The summed E-state index contributed by atoms with van der Waals surface area (Å²) in [5.74, 6) is 2.13. The van der Waals surface area contributed by atoms with Gasteiger partial charge in [-0.05, 0) is 82.5 Å². The van der Waals surface area contributed by atoms with Crippen molar-refractivity contribution in [2.75, 3.05) is 27.3 Å². The van der Waals surface area contributed by atoms with Gasteiger partial charge in [0.15, 0.2) is 0 Å². The quantitative estimate of drug-likeness (QED) is 0.112. The van der Waals surface area contributed by atoms with Crippen LogP contribution in [0.5, 0.6) is 5.75 Å². The van der Waals surface area contributed by atoms with Gasteiger partial charge in [0.1, 0.15) is 36.1 Å². The Balaban J connectivity index is 0.972. The number of carbonyl (C=O) groups excluding carboxylic acids is 4. The molecule has 63 heavy (non-hydrogen) atoms. The summed E-state index contributed by atoms with van der Waals surface area (Å²) in [6.45, 7) is 9.50. The van der Waals surface area contributed by atoms with Crippen LogP contribution in [0, 0.1) is 17.8 Å². The number of amides is 4. The molecular weight excluding hydrogens is 801 g/mol. The highest BCUT2D eigenvalue weighted by molar-refractivity contribution is 6.07. The third-order valence-electron chi connectivity index (χ3n) is 12.7. The van der Waals surface area contributed by atoms with Crippen LogP contribution in [0.25, 0.3) is 44.2 Å². The molecule has 4 N–H and O–H groups in total. The molecule has 2 saturated heterocycles. The molecular formula is C48H52N8O7. The Labute approximate surface area is 364 Å². The minimum Gasteiger partial charge on any atom is -0.488 e. The lowest BCUT2D eigenvalue weighted by atomic mass is 9.92. The van der Waals surface area contributed by atoms with Crippen molar-refractivity contribution >= 4 is 45.8 Å². The number of nitrogens with zero attached hydrogens (tertiary/aromatic N) is 4. The summed E-state index contributed by atoms with van der Waals surface area (Å²) < 4.78 is 16.1. The first-order valence-corrected chi connectivity index (χ1v) is 21.5. The predicted octanol–water partition coefficient (Wildman–Crippen LogP) is 7.96. The minimum atomic E-state index is -0.915. The lowest BCUT2D eigenvalue weighted by Gasteiger charge is -2.30. The van der Waals surface area contributed by atoms with Crippen LogP contribution in [0.15, 0.2) is 79.0 Å². The fraction of sp³-hybridized carbons (Fsp3) is 0.375. The van der Waals surface area contributed by atoms with Crippen LogP contribution < -0.4 is 15.4 Å². The van der Waals surface area contributed by atoms with Gasteiger partial charge in [-0.25, -0.2) is 19.6 Å². The van der Waals surface area contributed by atoms with E-state index in [1.54, 1.807) is 0 Å². The van der Waals surface area contributed by atoms with Crippen molar-refractivity contribution in [3.63, 3.8) is 0 Å². The van der Waals surface area contributed by atoms with E-state index in [9.17, 15) is 19.2 Å². The first-order valence-electron chi connectivity index (χ1n) is 21.5. The van der Waals surface area contributed by atoms with Crippen molar-refractivity contribution in [3.05, 3.63) is 102 Å². The van der Waals surface area contributed by atoms with Gasteiger partial charge in [0.2, 0.25) is 5.91 Å². The number of methoxy groups -OCH3 is 2. The number of hydrogen-bond donors (Lipinski definition) is 4. The molecule has 0 aliphatic carbocycles. The van der Waals surface area contributed by atoms with Crippen LogP contribution in [0.4, 0.5) is 9.59 Å². The van der Waals surface area contributed by atoms with Gasteiger partial charge in [0.05, 0.1) is 49.2 Å². The predicted molar refractivity (Wildman–Crippen MR) is 236 cm³/mol. The molecule has 15 heteroatoms. The van der Waals surface area contributed by atoms with Crippen molar-refractivity contribution in [2.24, 2.45) is 17.8 Å². The third-order valence-corrected chi connectivity index (χ3v) is 12.7. The van der Waals surface area contributed by atoms with Crippen molar-refractivity contribution in [3.8, 4) is 28.1 Å². The summed E-state index contributed by atoms with van der Waals surface area (Å²) in [5, 5.41) is 7.44. The second-order valence-corrected chi connectivity index (χ2v) is 17.5. The Bertz CT molecular complexity index is 2730. The molecule has 9 rings (SSSR count). The summed E-state index contributed by atoms with van der Waals surface area (Å²) in [6.07, 6.45) is 1.97. The summed E-state index contributed by atoms with van der Waals surface area (Å²) in [4.78, 5) is 73.1. The maximum absolute atomic E-state index is 14.3. The van der Waals surface area contributed by atoms with Crippen LogP contribution in [-0.4, -0.2) is 87.1 Å². The zero-order valence-corrected chi connectivity index (χ0v) is 36.2. The molecule has 2 aromatic heterocycles. The molecule has 2 unspecified atom stereocenters. The number of alkyl carbamates (subject to hydrolysis) is 2. The minimum absolute atomic E-state index is 0.129. The monoisotopic (exact) mass is 852 g/mol. The summed E-state index contributed by atoms with van der Waals surface area (Å²) in [6, 6.07) is 21.6. The van der Waals surface area contributed by atoms with Crippen molar-refractivity contribution in [1.82, 2.24) is 40.4 Å².